The predicted octanol–water partition coefficient (Wildman–Crippen LogP) is 0.510. The topological polar surface area (TPSA) is 125 Å². The van der Waals surface area contributed by atoms with E-state index in [1.807, 2.05) is 0 Å². The fourth-order valence-electron chi connectivity index (χ4n) is 1.68. The lowest BCUT2D eigenvalue weighted by molar-refractivity contribution is -0.384. The van der Waals surface area contributed by atoms with Gasteiger partial charge in [-0.1, -0.05) is 0 Å². The highest BCUT2D eigenvalue weighted by atomic mass is 16.6. The molecular weight excluding hydrogens is 280 g/mol. The number of hydrogen-bond donors (Lipinski definition) is 4. The molecule has 8 heteroatoms. The van der Waals surface area contributed by atoms with Crippen molar-refractivity contribution in [1.29, 1.82) is 0 Å². The van der Waals surface area contributed by atoms with Crippen LogP contribution in [-0.2, 0) is 0 Å². The molecule has 4 N–H and O–H groups in total. The molecule has 0 amide bonds. The smallest absolute Gasteiger partial charge is 0.275 e. The molecule has 0 aliphatic rings. The molecule has 0 fully saturated rings. The van der Waals surface area contributed by atoms with Crippen molar-refractivity contribution in [3.8, 4) is 5.75 Å². The van der Waals surface area contributed by atoms with Crippen molar-refractivity contribution in [2.24, 2.45) is 0 Å². The molecule has 0 atom stereocenters. The summed E-state index contributed by atoms with van der Waals surface area (Å²) in [4.78, 5) is 10.4. The molecule has 1 aromatic carbocycles. The van der Waals surface area contributed by atoms with Crippen molar-refractivity contribution in [3.63, 3.8) is 0 Å². The van der Waals surface area contributed by atoms with Gasteiger partial charge >= 0.3 is 0 Å². The zero-order valence-corrected chi connectivity index (χ0v) is 11.9. The number of aliphatic hydroxyl groups excluding tert-OH is 3. The fourth-order valence-corrected chi connectivity index (χ4v) is 1.68. The van der Waals surface area contributed by atoms with E-state index in [2.05, 4.69) is 5.32 Å². The monoisotopic (exact) mass is 300 g/mol. The van der Waals surface area contributed by atoms with Crippen molar-refractivity contribution in [2.45, 2.75) is 25.5 Å². The molecule has 0 radical (unpaired) electrons. The van der Waals surface area contributed by atoms with Crippen LogP contribution in [0.4, 0.5) is 11.4 Å². The van der Waals surface area contributed by atoms with Crippen molar-refractivity contribution >= 4 is 11.4 Å². The lowest BCUT2D eigenvalue weighted by Crippen LogP contribution is -2.49. The number of benzene rings is 1. The first-order valence-corrected chi connectivity index (χ1v) is 6.42. The van der Waals surface area contributed by atoms with E-state index in [1.54, 1.807) is 13.8 Å². The van der Waals surface area contributed by atoms with E-state index in [9.17, 15) is 25.4 Å². The number of nitro groups is 1. The second-order valence-corrected chi connectivity index (χ2v) is 5.02. The van der Waals surface area contributed by atoms with Gasteiger partial charge in [-0.2, -0.15) is 0 Å². The maximum atomic E-state index is 10.9. The summed E-state index contributed by atoms with van der Waals surface area (Å²) in [6.45, 7) is 1.95. The van der Waals surface area contributed by atoms with Gasteiger partial charge in [0.25, 0.3) is 5.69 Å². The first kappa shape index (κ1) is 17.2. The normalized spacial score (nSPS) is 11.5. The van der Waals surface area contributed by atoms with Crippen molar-refractivity contribution < 1.29 is 25.0 Å². The summed E-state index contributed by atoms with van der Waals surface area (Å²) in [7, 11) is 0. The molecule has 1 aromatic rings. The van der Waals surface area contributed by atoms with E-state index in [-0.39, 0.29) is 23.2 Å². The molecule has 0 saturated carbocycles. The van der Waals surface area contributed by atoms with Gasteiger partial charge in [-0.05, 0) is 13.8 Å². The quantitative estimate of drug-likeness (QED) is 0.407. The Morgan fingerprint density at radius 1 is 1.24 bits per heavy atom. The van der Waals surface area contributed by atoms with E-state index in [0.29, 0.717) is 0 Å². The van der Waals surface area contributed by atoms with Crippen molar-refractivity contribution in [2.75, 3.05) is 25.1 Å². The maximum Gasteiger partial charge on any atom is 0.275 e. The van der Waals surface area contributed by atoms with Crippen LogP contribution in [0.25, 0.3) is 0 Å². The van der Waals surface area contributed by atoms with E-state index in [1.165, 1.54) is 18.2 Å². The lowest BCUT2D eigenvalue weighted by Gasteiger charge is -2.30. The van der Waals surface area contributed by atoms with Crippen LogP contribution in [0.15, 0.2) is 18.2 Å². The molecule has 0 aliphatic heterocycles. The van der Waals surface area contributed by atoms with Crippen molar-refractivity contribution in [3.05, 3.63) is 28.3 Å². The molecule has 0 heterocycles. The lowest BCUT2D eigenvalue weighted by atomic mass is 10.0. The number of nitrogens with one attached hydrogen (secondary N) is 1. The van der Waals surface area contributed by atoms with Gasteiger partial charge in [0.2, 0.25) is 0 Å². The molecule has 0 aromatic heterocycles. The highest BCUT2D eigenvalue weighted by molar-refractivity contribution is 5.57. The molecule has 0 bridgehead atoms. The van der Waals surface area contributed by atoms with Gasteiger partial charge in [0.05, 0.1) is 36.9 Å². The van der Waals surface area contributed by atoms with E-state index in [0.717, 1.165) is 0 Å². The standard InChI is InChI=1S/C13H20N2O6/c1-9(2)21-12-4-10(3-11(5-12)15(19)20)14-13(6-16,7-17)8-18/h3-5,9,14,16-18H,6-8H2,1-2H3. The molecule has 0 unspecified atom stereocenters. The summed E-state index contributed by atoms with van der Waals surface area (Å²) in [5.74, 6) is 0.282. The number of rotatable bonds is 8. The van der Waals surface area contributed by atoms with Gasteiger partial charge in [0.1, 0.15) is 11.3 Å². The van der Waals surface area contributed by atoms with Crippen LogP contribution in [-0.4, -0.2) is 51.7 Å². The largest absolute Gasteiger partial charge is 0.491 e. The number of nitro benzene ring substituents is 1. The second-order valence-electron chi connectivity index (χ2n) is 5.02. The SMILES string of the molecule is CC(C)Oc1cc(NC(CO)(CO)CO)cc([N+](=O)[O-])c1. The number of hydrogen-bond acceptors (Lipinski definition) is 7. The number of ether oxygens (including phenoxy) is 1. The second kappa shape index (κ2) is 7.21. The molecule has 0 spiro atoms. The third kappa shape index (κ3) is 4.55. The molecule has 8 nitrogen and oxygen atoms in total. The van der Waals surface area contributed by atoms with Gasteiger partial charge in [0, 0.05) is 17.8 Å². The van der Waals surface area contributed by atoms with Crippen LogP contribution in [0.2, 0.25) is 0 Å². The van der Waals surface area contributed by atoms with Crippen molar-refractivity contribution in [1.82, 2.24) is 0 Å². The Balaban J connectivity index is 3.15. The minimum absolute atomic E-state index is 0.168. The summed E-state index contributed by atoms with van der Waals surface area (Å²) in [5.41, 5.74) is -1.31. The first-order chi connectivity index (χ1) is 9.85. The number of aliphatic hydroxyl groups is 3. The number of nitrogens with zero attached hydrogens (tertiary/aromatic N) is 1. The molecule has 118 valence electrons. The summed E-state index contributed by atoms with van der Waals surface area (Å²) in [5, 5.41) is 41.5. The first-order valence-electron chi connectivity index (χ1n) is 6.42. The van der Waals surface area contributed by atoms with Gasteiger partial charge in [-0.25, -0.2) is 0 Å². The third-order valence-corrected chi connectivity index (χ3v) is 2.79. The predicted molar refractivity (Wildman–Crippen MR) is 76.5 cm³/mol. The Morgan fingerprint density at radius 2 is 1.81 bits per heavy atom. The Kier molecular flexibility index (Phi) is 5.89. The molecule has 0 saturated heterocycles. The van der Waals surface area contributed by atoms with Gasteiger partial charge < -0.3 is 25.4 Å². The minimum atomic E-state index is -1.37. The fraction of sp³-hybridized carbons (Fsp3) is 0.538. The molecular formula is C13H20N2O6. The van der Waals surface area contributed by atoms with Crippen LogP contribution >= 0.6 is 0 Å². The van der Waals surface area contributed by atoms with Gasteiger partial charge in [0.15, 0.2) is 0 Å². The summed E-state index contributed by atoms with van der Waals surface area (Å²) in [6, 6.07) is 4.02. The molecule has 1 rings (SSSR count). The average molecular weight is 300 g/mol. The van der Waals surface area contributed by atoms with Gasteiger partial charge in [-0.3, -0.25) is 10.1 Å². The Morgan fingerprint density at radius 3 is 2.24 bits per heavy atom. The average Bonchev–Trinajstić information content (AvgIpc) is 2.44. The summed E-state index contributed by atoms with van der Waals surface area (Å²) >= 11 is 0. The zero-order valence-electron chi connectivity index (χ0n) is 11.9. The Hall–Kier alpha value is -1.90. The van der Waals surface area contributed by atoms with Crippen LogP contribution < -0.4 is 10.1 Å². The van der Waals surface area contributed by atoms with Crippen LogP contribution in [0, 0.1) is 10.1 Å². The summed E-state index contributed by atoms with van der Waals surface area (Å²) < 4.78 is 5.43. The third-order valence-electron chi connectivity index (χ3n) is 2.79. The molecule has 21 heavy (non-hydrogen) atoms. The van der Waals surface area contributed by atoms with E-state index >= 15 is 0 Å². The number of anilines is 1. The number of non-ortho nitro benzene ring substituents is 1. The maximum absolute atomic E-state index is 10.9. The van der Waals surface area contributed by atoms with E-state index in [4.69, 9.17) is 4.74 Å². The zero-order chi connectivity index (χ0) is 16.0. The molecule has 0 aliphatic carbocycles. The van der Waals surface area contributed by atoms with Crippen LogP contribution in [0.1, 0.15) is 13.8 Å². The van der Waals surface area contributed by atoms with E-state index < -0.39 is 30.3 Å². The highest BCUT2D eigenvalue weighted by Crippen LogP contribution is 2.28. The van der Waals surface area contributed by atoms with Crippen LogP contribution in [0.5, 0.6) is 5.75 Å². The Labute approximate surface area is 122 Å². The Bertz CT molecular complexity index is 479. The van der Waals surface area contributed by atoms with Crippen LogP contribution in [0.3, 0.4) is 0 Å². The van der Waals surface area contributed by atoms with Gasteiger partial charge in [-0.15, -0.1) is 0 Å². The highest BCUT2D eigenvalue weighted by Gasteiger charge is 2.28. The summed E-state index contributed by atoms with van der Waals surface area (Å²) in [6.07, 6.45) is -0.168. The minimum Gasteiger partial charge on any atom is -0.491 e.